The highest BCUT2D eigenvalue weighted by Crippen LogP contribution is 2.41. The van der Waals surface area contributed by atoms with Crippen molar-refractivity contribution in [3.8, 4) is 11.3 Å². The van der Waals surface area contributed by atoms with Crippen molar-refractivity contribution < 1.29 is 0 Å². The zero-order chi connectivity index (χ0) is 22.6. The Morgan fingerprint density at radius 2 is 1.59 bits per heavy atom. The molecule has 0 amide bonds. The molecule has 162 valence electrons. The SMILES string of the molecule is Cc1c(CC(C)C)sc2c(-c3cc(C(C)(C)C)c4cc5ccccc5cc4c3)nccc12. The number of nitrogens with zero attached hydrogens (tertiary/aromatic N) is 1. The van der Waals surface area contributed by atoms with Gasteiger partial charge in [-0.2, -0.15) is 0 Å². The van der Waals surface area contributed by atoms with Crippen LogP contribution in [0.2, 0.25) is 0 Å². The number of hydrogen-bond donors (Lipinski definition) is 0. The summed E-state index contributed by atoms with van der Waals surface area (Å²) in [6.45, 7) is 13.8. The van der Waals surface area contributed by atoms with Crippen LogP contribution in [0.5, 0.6) is 0 Å². The van der Waals surface area contributed by atoms with Gasteiger partial charge in [0, 0.05) is 16.6 Å². The molecular formula is C30H31NS. The van der Waals surface area contributed by atoms with E-state index in [4.69, 9.17) is 4.98 Å². The molecule has 0 aliphatic heterocycles. The van der Waals surface area contributed by atoms with Gasteiger partial charge >= 0.3 is 0 Å². The first kappa shape index (κ1) is 21.2. The second kappa shape index (κ2) is 7.71. The van der Waals surface area contributed by atoms with Gasteiger partial charge in [0.25, 0.3) is 0 Å². The van der Waals surface area contributed by atoms with E-state index in [1.54, 1.807) is 0 Å². The molecule has 0 aliphatic rings. The van der Waals surface area contributed by atoms with E-state index in [2.05, 4.69) is 96.1 Å². The molecular weight excluding hydrogens is 406 g/mol. The van der Waals surface area contributed by atoms with Crippen molar-refractivity contribution in [2.45, 2.75) is 53.4 Å². The molecule has 2 heterocycles. The van der Waals surface area contributed by atoms with E-state index < -0.39 is 0 Å². The maximum atomic E-state index is 4.91. The van der Waals surface area contributed by atoms with Crippen LogP contribution in [0.25, 0.3) is 42.9 Å². The Morgan fingerprint density at radius 3 is 2.28 bits per heavy atom. The highest BCUT2D eigenvalue weighted by molar-refractivity contribution is 7.19. The predicted octanol–water partition coefficient (Wildman–Crippen LogP) is 9.07. The largest absolute Gasteiger partial charge is 0.255 e. The van der Waals surface area contributed by atoms with Crippen LogP contribution in [0.15, 0.2) is 60.8 Å². The van der Waals surface area contributed by atoms with Crippen LogP contribution in [-0.2, 0) is 11.8 Å². The van der Waals surface area contributed by atoms with Crippen molar-refractivity contribution in [1.82, 2.24) is 4.98 Å². The van der Waals surface area contributed by atoms with Crippen LogP contribution in [0.3, 0.4) is 0 Å². The molecule has 0 fully saturated rings. The Morgan fingerprint density at radius 1 is 0.875 bits per heavy atom. The lowest BCUT2D eigenvalue weighted by molar-refractivity contribution is 0.596. The van der Waals surface area contributed by atoms with Crippen LogP contribution in [0.4, 0.5) is 0 Å². The van der Waals surface area contributed by atoms with Crippen molar-refractivity contribution in [3.63, 3.8) is 0 Å². The van der Waals surface area contributed by atoms with Gasteiger partial charge in [-0.05, 0) is 93.1 Å². The average molecular weight is 438 g/mol. The molecule has 1 nitrogen and oxygen atoms in total. The number of pyridine rings is 1. The molecule has 0 saturated carbocycles. The van der Waals surface area contributed by atoms with Crippen molar-refractivity contribution in [1.29, 1.82) is 0 Å². The summed E-state index contributed by atoms with van der Waals surface area (Å²) in [6, 6.07) is 20.3. The van der Waals surface area contributed by atoms with Gasteiger partial charge in [0.15, 0.2) is 0 Å². The maximum Gasteiger partial charge on any atom is 0.0880 e. The van der Waals surface area contributed by atoms with E-state index in [9.17, 15) is 0 Å². The Hall–Kier alpha value is -2.71. The van der Waals surface area contributed by atoms with Crippen molar-refractivity contribution in [2.24, 2.45) is 5.92 Å². The fourth-order valence-electron chi connectivity index (χ4n) is 4.78. The van der Waals surface area contributed by atoms with E-state index in [1.165, 1.54) is 53.2 Å². The maximum absolute atomic E-state index is 4.91. The highest BCUT2D eigenvalue weighted by Gasteiger charge is 2.21. The second-order valence-corrected chi connectivity index (χ2v) is 11.6. The molecule has 32 heavy (non-hydrogen) atoms. The third kappa shape index (κ3) is 3.61. The Balaban J connectivity index is 1.81. The minimum atomic E-state index is 0.0405. The zero-order valence-corrected chi connectivity index (χ0v) is 20.7. The summed E-state index contributed by atoms with van der Waals surface area (Å²) in [5.41, 5.74) is 5.18. The molecule has 2 heteroatoms. The molecule has 0 bridgehead atoms. The summed E-state index contributed by atoms with van der Waals surface area (Å²) < 4.78 is 1.32. The third-order valence-electron chi connectivity index (χ3n) is 6.45. The lowest BCUT2D eigenvalue weighted by atomic mass is 9.81. The smallest absolute Gasteiger partial charge is 0.0880 e. The van der Waals surface area contributed by atoms with Crippen molar-refractivity contribution in [2.75, 3.05) is 0 Å². The topological polar surface area (TPSA) is 12.9 Å². The molecule has 0 radical (unpaired) electrons. The van der Waals surface area contributed by atoms with E-state index in [1.807, 2.05) is 17.5 Å². The van der Waals surface area contributed by atoms with Crippen LogP contribution < -0.4 is 0 Å². The number of benzene rings is 3. The molecule has 3 aromatic carbocycles. The number of thiophene rings is 1. The van der Waals surface area contributed by atoms with Gasteiger partial charge in [0.1, 0.15) is 0 Å². The molecule has 0 saturated heterocycles. The van der Waals surface area contributed by atoms with Crippen molar-refractivity contribution in [3.05, 3.63) is 76.8 Å². The van der Waals surface area contributed by atoms with Gasteiger partial charge in [-0.15, -0.1) is 11.3 Å². The number of fused-ring (bicyclic) bond motifs is 3. The Kier molecular flexibility index (Phi) is 5.09. The predicted molar refractivity (Wildman–Crippen MR) is 142 cm³/mol. The summed E-state index contributed by atoms with van der Waals surface area (Å²) >= 11 is 1.93. The van der Waals surface area contributed by atoms with E-state index in [-0.39, 0.29) is 5.41 Å². The molecule has 5 aromatic rings. The number of aryl methyl sites for hydroxylation is 1. The van der Waals surface area contributed by atoms with Crippen LogP contribution >= 0.6 is 11.3 Å². The fourth-order valence-corrected chi connectivity index (χ4v) is 6.30. The zero-order valence-electron chi connectivity index (χ0n) is 19.9. The lowest BCUT2D eigenvalue weighted by Gasteiger charge is -2.23. The summed E-state index contributed by atoms with van der Waals surface area (Å²) in [7, 11) is 0. The van der Waals surface area contributed by atoms with Crippen LogP contribution in [0.1, 0.15) is 50.6 Å². The van der Waals surface area contributed by atoms with E-state index >= 15 is 0 Å². The van der Waals surface area contributed by atoms with Crippen LogP contribution in [-0.4, -0.2) is 4.98 Å². The monoisotopic (exact) mass is 437 g/mol. The third-order valence-corrected chi connectivity index (χ3v) is 7.78. The first-order chi connectivity index (χ1) is 15.2. The van der Waals surface area contributed by atoms with Gasteiger partial charge in [-0.25, -0.2) is 0 Å². The van der Waals surface area contributed by atoms with Gasteiger partial charge in [0.05, 0.1) is 10.4 Å². The highest BCUT2D eigenvalue weighted by atomic mass is 32.1. The minimum absolute atomic E-state index is 0.0405. The van der Waals surface area contributed by atoms with E-state index in [0.717, 1.165) is 12.1 Å². The average Bonchev–Trinajstić information content (AvgIpc) is 3.05. The standard InChI is InChI=1S/C30H31NS/c1-18(2)13-27-19(3)24-11-12-31-28(29(24)32-27)23-15-22-14-20-9-7-8-10-21(20)16-25(22)26(17-23)30(4,5)6/h7-12,14-18H,13H2,1-6H3. The minimum Gasteiger partial charge on any atom is -0.255 e. The summed E-state index contributed by atoms with van der Waals surface area (Å²) in [6.07, 6.45) is 3.11. The quantitative estimate of drug-likeness (QED) is 0.256. The van der Waals surface area contributed by atoms with Gasteiger partial charge in [-0.1, -0.05) is 58.9 Å². The van der Waals surface area contributed by atoms with Gasteiger partial charge < -0.3 is 0 Å². The van der Waals surface area contributed by atoms with Gasteiger partial charge in [-0.3, -0.25) is 4.98 Å². The Bertz CT molecular complexity index is 1460. The van der Waals surface area contributed by atoms with Gasteiger partial charge in [0.2, 0.25) is 0 Å². The normalized spacial score (nSPS) is 12.5. The Labute approximate surface area is 195 Å². The van der Waals surface area contributed by atoms with Crippen LogP contribution in [0, 0.1) is 12.8 Å². The molecule has 2 aromatic heterocycles. The summed E-state index contributed by atoms with van der Waals surface area (Å²) in [4.78, 5) is 6.41. The summed E-state index contributed by atoms with van der Waals surface area (Å²) in [5, 5.41) is 6.57. The molecule has 0 atom stereocenters. The molecule has 0 spiro atoms. The fraction of sp³-hybridized carbons (Fsp3) is 0.300. The molecule has 5 rings (SSSR count). The lowest BCUT2D eigenvalue weighted by Crippen LogP contribution is -2.12. The first-order valence-corrected chi connectivity index (χ1v) is 12.4. The second-order valence-electron chi connectivity index (χ2n) is 10.5. The van der Waals surface area contributed by atoms with E-state index in [0.29, 0.717) is 5.92 Å². The molecule has 0 unspecified atom stereocenters. The molecule has 0 aliphatic carbocycles. The summed E-state index contributed by atoms with van der Waals surface area (Å²) in [5.74, 6) is 0.652. The number of rotatable bonds is 3. The number of hydrogen-bond acceptors (Lipinski definition) is 2. The molecule has 0 N–H and O–H groups in total. The first-order valence-electron chi connectivity index (χ1n) is 11.6. The number of aromatic nitrogens is 1. The van der Waals surface area contributed by atoms with Crippen molar-refractivity contribution >= 4 is 43.0 Å².